The van der Waals surface area contributed by atoms with Crippen LogP contribution in [0, 0.1) is 0 Å². The molecule has 2 atom stereocenters. The minimum Gasteiger partial charge on any atom is -0.489 e. The Morgan fingerprint density at radius 1 is 0.906 bits per heavy atom. The number of rotatable bonds is 11. The number of carbonyl (C=O) groups is 2. The molecule has 0 heterocycles. The normalized spacial score (nSPS) is 12.5. The SMILES string of the molecule is C=C(C)C(=O)OC(C)COc1cc(SC)c(OCC(C)OC(=O)C(=C)C)c2ccccc12. The minimum atomic E-state index is -0.444. The molecule has 0 saturated carbocycles. The van der Waals surface area contributed by atoms with Crippen molar-refractivity contribution in [3.8, 4) is 11.5 Å². The van der Waals surface area contributed by atoms with Gasteiger partial charge in [0.1, 0.15) is 36.9 Å². The largest absolute Gasteiger partial charge is 0.489 e. The number of hydrogen-bond donors (Lipinski definition) is 0. The second-order valence-electron chi connectivity index (χ2n) is 7.57. The number of thioether (sulfide) groups is 1. The lowest BCUT2D eigenvalue weighted by atomic mass is 10.1. The predicted molar refractivity (Wildman–Crippen MR) is 127 cm³/mol. The number of carbonyl (C=O) groups excluding carboxylic acids is 2. The number of esters is 2. The average molecular weight is 459 g/mol. The first kappa shape index (κ1) is 25.3. The van der Waals surface area contributed by atoms with Crippen LogP contribution in [0.3, 0.4) is 0 Å². The first-order chi connectivity index (χ1) is 15.1. The van der Waals surface area contributed by atoms with Crippen molar-refractivity contribution in [3.05, 3.63) is 54.6 Å². The van der Waals surface area contributed by atoms with Crippen molar-refractivity contribution in [2.24, 2.45) is 0 Å². The molecule has 0 amide bonds. The fourth-order valence-electron chi connectivity index (χ4n) is 2.75. The Hall–Kier alpha value is -2.93. The summed E-state index contributed by atoms with van der Waals surface area (Å²) in [6.45, 7) is 14.3. The molecule has 32 heavy (non-hydrogen) atoms. The van der Waals surface area contributed by atoms with E-state index in [4.69, 9.17) is 18.9 Å². The lowest BCUT2D eigenvalue weighted by molar-refractivity contribution is -0.145. The Morgan fingerprint density at radius 3 is 1.91 bits per heavy atom. The van der Waals surface area contributed by atoms with E-state index in [-0.39, 0.29) is 13.2 Å². The number of fused-ring (bicyclic) bond motifs is 1. The van der Waals surface area contributed by atoms with Crippen LogP contribution in [0.1, 0.15) is 27.7 Å². The fourth-order valence-corrected chi connectivity index (χ4v) is 3.33. The summed E-state index contributed by atoms with van der Waals surface area (Å²) in [6, 6.07) is 9.63. The van der Waals surface area contributed by atoms with Crippen molar-refractivity contribution >= 4 is 34.5 Å². The number of ether oxygens (including phenoxy) is 4. The molecule has 0 fully saturated rings. The smallest absolute Gasteiger partial charge is 0.333 e. The zero-order chi connectivity index (χ0) is 23.8. The van der Waals surface area contributed by atoms with E-state index in [0.717, 1.165) is 15.7 Å². The van der Waals surface area contributed by atoms with Gasteiger partial charge in [0, 0.05) is 21.9 Å². The molecule has 2 aromatic carbocycles. The maximum absolute atomic E-state index is 11.7. The maximum atomic E-state index is 11.7. The van der Waals surface area contributed by atoms with Gasteiger partial charge in [0.15, 0.2) is 0 Å². The molecule has 2 rings (SSSR count). The molecule has 0 aliphatic carbocycles. The summed E-state index contributed by atoms with van der Waals surface area (Å²) in [6.07, 6.45) is 1.07. The highest BCUT2D eigenvalue weighted by molar-refractivity contribution is 7.98. The van der Waals surface area contributed by atoms with Gasteiger partial charge in [-0.15, -0.1) is 11.8 Å². The quantitative estimate of drug-likeness (QED) is 0.256. The van der Waals surface area contributed by atoms with Crippen LogP contribution in [0.5, 0.6) is 11.5 Å². The van der Waals surface area contributed by atoms with Crippen molar-refractivity contribution < 1.29 is 28.5 Å². The summed E-state index contributed by atoms with van der Waals surface area (Å²) in [7, 11) is 0. The topological polar surface area (TPSA) is 71.1 Å². The van der Waals surface area contributed by atoms with Gasteiger partial charge in [-0.1, -0.05) is 37.4 Å². The van der Waals surface area contributed by atoms with Crippen LogP contribution in [-0.2, 0) is 19.1 Å². The van der Waals surface area contributed by atoms with E-state index >= 15 is 0 Å². The third-order valence-corrected chi connectivity index (χ3v) is 5.14. The van der Waals surface area contributed by atoms with E-state index in [1.807, 2.05) is 36.6 Å². The molecule has 2 aromatic rings. The van der Waals surface area contributed by atoms with Crippen LogP contribution in [0.15, 0.2) is 59.5 Å². The Kier molecular flexibility index (Phi) is 9.20. The van der Waals surface area contributed by atoms with Crippen LogP contribution in [0.25, 0.3) is 10.8 Å². The standard InChI is InChI=1S/C25H30O6S/c1-15(2)24(26)30-17(5)13-28-21-12-22(32-7)23(20-11-9-8-10-19(20)21)29-14-18(6)31-25(27)16(3)4/h8-12,17-18H,1,3,13-14H2,2,4-7H3. The van der Waals surface area contributed by atoms with E-state index in [1.165, 1.54) is 11.8 Å². The minimum absolute atomic E-state index is 0.199. The number of benzene rings is 2. The zero-order valence-corrected chi connectivity index (χ0v) is 20.0. The second-order valence-corrected chi connectivity index (χ2v) is 8.41. The van der Waals surface area contributed by atoms with Gasteiger partial charge in [-0.25, -0.2) is 9.59 Å². The monoisotopic (exact) mass is 458 g/mol. The van der Waals surface area contributed by atoms with E-state index in [2.05, 4.69) is 13.2 Å². The molecule has 0 aliphatic rings. The fraction of sp³-hybridized carbons (Fsp3) is 0.360. The third kappa shape index (κ3) is 6.79. The van der Waals surface area contributed by atoms with Crippen molar-refractivity contribution in [3.63, 3.8) is 0 Å². The zero-order valence-electron chi connectivity index (χ0n) is 19.2. The predicted octanol–water partition coefficient (Wildman–Crippen LogP) is 5.33. The van der Waals surface area contributed by atoms with Crippen molar-refractivity contribution in [1.29, 1.82) is 0 Å². The van der Waals surface area contributed by atoms with E-state index in [1.54, 1.807) is 27.7 Å². The van der Waals surface area contributed by atoms with Crippen LogP contribution in [0.4, 0.5) is 0 Å². The van der Waals surface area contributed by atoms with E-state index in [9.17, 15) is 9.59 Å². The first-order valence-electron chi connectivity index (χ1n) is 10.2. The summed E-state index contributed by atoms with van der Waals surface area (Å²) in [5.74, 6) is 0.472. The average Bonchev–Trinajstić information content (AvgIpc) is 2.75. The van der Waals surface area contributed by atoms with Gasteiger partial charge in [-0.2, -0.15) is 0 Å². The summed E-state index contributed by atoms with van der Waals surface area (Å²) in [4.78, 5) is 24.3. The summed E-state index contributed by atoms with van der Waals surface area (Å²) < 4.78 is 22.7. The molecule has 172 valence electrons. The first-order valence-corrected chi connectivity index (χ1v) is 11.4. The van der Waals surface area contributed by atoms with Gasteiger partial charge in [-0.3, -0.25) is 0 Å². The van der Waals surface area contributed by atoms with Gasteiger partial charge in [0.2, 0.25) is 0 Å². The van der Waals surface area contributed by atoms with Crippen LogP contribution in [-0.4, -0.2) is 43.6 Å². The number of hydrogen-bond acceptors (Lipinski definition) is 7. The molecule has 0 radical (unpaired) electrons. The summed E-state index contributed by atoms with van der Waals surface area (Å²) in [5.41, 5.74) is 0.688. The highest BCUT2D eigenvalue weighted by Gasteiger charge is 2.18. The molecule has 0 aromatic heterocycles. The molecule has 0 bridgehead atoms. The van der Waals surface area contributed by atoms with Crippen LogP contribution >= 0.6 is 11.8 Å². The summed E-state index contributed by atoms with van der Waals surface area (Å²) >= 11 is 1.52. The van der Waals surface area contributed by atoms with Gasteiger partial charge in [-0.05, 0) is 40.0 Å². The van der Waals surface area contributed by atoms with Crippen molar-refractivity contribution in [2.45, 2.75) is 44.8 Å². The Bertz CT molecular complexity index is 1010. The lowest BCUT2D eigenvalue weighted by Crippen LogP contribution is -2.23. The molecule has 0 saturated heterocycles. The van der Waals surface area contributed by atoms with Crippen LogP contribution < -0.4 is 9.47 Å². The molecule has 7 heteroatoms. The molecule has 2 unspecified atom stereocenters. The molecule has 6 nitrogen and oxygen atoms in total. The maximum Gasteiger partial charge on any atom is 0.333 e. The molecule has 0 aliphatic heterocycles. The van der Waals surface area contributed by atoms with Gasteiger partial charge >= 0.3 is 11.9 Å². The van der Waals surface area contributed by atoms with E-state index in [0.29, 0.717) is 22.6 Å². The van der Waals surface area contributed by atoms with E-state index < -0.39 is 24.1 Å². The van der Waals surface area contributed by atoms with Gasteiger partial charge in [0.05, 0.1) is 4.90 Å². The highest BCUT2D eigenvalue weighted by Crippen LogP contribution is 2.41. The van der Waals surface area contributed by atoms with Gasteiger partial charge < -0.3 is 18.9 Å². The third-order valence-electron chi connectivity index (χ3n) is 4.39. The Balaban J connectivity index is 2.22. The molecular formula is C25H30O6S. The molecular weight excluding hydrogens is 428 g/mol. The Morgan fingerprint density at radius 2 is 1.41 bits per heavy atom. The van der Waals surface area contributed by atoms with Gasteiger partial charge in [0.25, 0.3) is 0 Å². The van der Waals surface area contributed by atoms with Crippen LogP contribution in [0.2, 0.25) is 0 Å². The lowest BCUT2D eigenvalue weighted by Gasteiger charge is -2.20. The van der Waals surface area contributed by atoms with Crippen molar-refractivity contribution in [2.75, 3.05) is 19.5 Å². The summed E-state index contributed by atoms with van der Waals surface area (Å²) in [5, 5.41) is 1.74. The van der Waals surface area contributed by atoms with Crippen molar-refractivity contribution in [1.82, 2.24) is 0 Å². The molecule has 0 N–H and O–H groups in total. The Labute approximate surface area is 193 Å². The molecule has 0 spiro atoms. The second kappa shape index (κ2) is 11.6. The highest BCUT2D eigenvalue weighted by atomic mass is 32.2.